The topological polar surface area (TPSA) is 0 Å². The van der Waals surface area contributed by atoms with Crippen LogP contribution in [0.1, 0.15) is 17.5 Å². The lowest BCUT2D eigenvalue weighted by atomic mass is 10.1. The minimum Gasteiger partial charge on any atom is -0.126 e. The summed E-state index contributed by atoms with van der Waals surface area (Å²) in [5.41, 5.74) is 2.23. The van der Waals surface area contributed by atoms with Crippen molar-refractivity contribution in [3.05, 3.63) is 40.4 Å². The maximum absolute atomic E-state index is 6.02. The van der Waals surface area contributed by atoms with Crippen molar-refractivity contribution in [1.29, 1.82) is 0 Å². The van der Waals surface area contributed by atoms with Crippen LogP contribution in [0.4, 0.5) is 0 Å². The van der Waals surface area contributed by atoms with Crippen molar-refractivity contribution in [3.63, 3.8) is 0 Å². The molecular weight excluding hydrogens is 203 g/mol. The summed E-state index contributed by atoms with van der Waals surface area (Å²) in [6, 6.07) is 6.02. The standard InChI is InChI=1S/C11H12Cl2/c1-9-5-6-10(11(13)8-9)4-2-3-7-12/h2,4-6,8H,3,7H2,1H3. The molecule has 0 bridgehead atoms. The van der Waals surface area contributed by atoms with E-state index in [2.05, 4.69) is 0 Å². The number of hydrogen-bond donors (Lipinski definition) is 0. The number of allylic oxidation sites excluding steroid dienone is 1. The highest BCUT2D eigenvalue weighted by Gasteiger charge is 1.95. The quantitative estimate of drug-likeness (QED) is 0.659. The molecule has 0 saturated carbocycles. The van der Waals surface area contributed by atoms with Gasteiger partial charge in [0.1, 0.15) is 0 Å². The van der Waals surface area contributed by atoms with Crippen molar-refractivity contribution in [3.8, 4) is 0 Å². The van der Waals surface area contributed by atoms with Gasteiger partial charge in [-0.1, -0.05) is 35.9 Å². The number of aryl methyl sites for hydroxylation is 1. The van der Waals surface area contributed by atoms with E-state index >= 15 is 0 Å². The molecule has 0 N–H and O–H groups in total. The number of rotatable bonds is 3. The van der Waals surface area contributed by atoms with Crippen LogP contribution >= 0.6 is 23.2 Å². The van der Waals surface area contributed by atoms with E-state index in [0.717, 1.165) is 17.0 Å². The third-order valence-electron chi connectivity index (χ3n) is 1.73. The van der Waals surface area contributed by atoms with Gasteiger partial charge >= 0.3 is 0 Å². The largest absolute Gasteiger partial charge is 0.126 e. The summed E-state index contributed by atoms with van der Waals surface area (Å²) in [5.74, 6) is 0.653. The molecule has 0 aromatic heterocycles. The molecule has 0 aliphatic rings. The van der Waals surface area contributed by atoms with Crippen LogP contribution < -0.4 is 0 Å². The molecule has 2 heteroatoms. The summed E-state index contributed by atoms with van der Waals surface area (Å²) < 4.78 is 0. The molecule has 1 aromatic rings. The van der Waals surface area contributed by atoms with Crippen molar-refractivity contribution < 1.29 is 0 Å². The maximum atomic E-state index is 6.02. The lowest BCUT2D eigenvalue weighted by Crippen LogP contribution is -1.77. The molecule has 0 aliphatic heterocycles. The highest BCUT2D eigenvalue weighted by Crippen LogP contribution is 2.18. The average molecular weight is 215 g/mol. The Kier molecular flexibility index (Phi) is 4.34. The van der Waals surface area contributed by atoms with Crippen molar-refractivity contribution in [1.82, 2.24) is 0 Å². The normalized spacial score (nSPS) is 11.0. The first kappa shape index (κ1) is 10.6. The number of benzene rings is 1. The van der Waals surface area contributed by atoms with Crippen LogP contribution in [0.2, 0.25) is 5.02 Å². The third kappa shape index (κ3) is 3.41. The molecule has 1 rings (SSSR count). The molecule has 0 amide bonds. The van der Waals surface area contributed by atoms with Gasteiger partial charge in [-0.05, 0) is 30.5 Å². The van der Waals surface area contributed by atoms with E-state index in [1.807, 2.05) is 37.3 Å². The number of alkyl halides is 1. The van der Waals surface area contributed by atoms with Crippen LogP contribution in [-0.2, 0) is 0 Å². The van der Waals surface area contributed by atoms with Crippen LogP contribution in [0.5, 0.6) is 0 Å². The summed E-state index contributed by atoms with van der Waals surface area (Å²) in [6.07, 6.45) is 4.92. The van der Waals surface area contributed by atoms with E-state index in [1.54, 1.807) is 0 Å². The molecule has 0 heterocycles. The molecular formula is C11H12Cl2. The SMILES string of the molecule is Cc1ccc(C=CCCCl)c(Cl)c1. The second-order valence-electron chi connectivity index (χ2n) is 2.90. The van der Waals surface area contributed by atoms with Gasteiger partial charge in [0.2, 0.25) is 0 Å². The zero-order chi connectivity index (χ0) is 9.68. The predicted molar refractivity (Wildman–Crippen MR) is 60.6 cm³/mol. The Hall–Kier alpha value is -0.460. The third-order valence-corrected chi connectivity index (χ3v) is 2.27. The molecule has 0 atom stereocenters. The van der Waals surface area contributed by atoms with Gasteiger partial charge in [-0.15, -0.1) is 11.6 Å². The maximum Gasteiger partial charge on any atom is 0.0480 e. The van der Waals surface area contributed by atoms with Crippen molar-refractivity contribution in [2.45, 2.75) is 13.3 Å². The second-order valence-corrected chi connectivity index (χ2v) is 3.69. The van der Waals surface area contributed by atoms with Crippen molar-refractivity contribution >= 4 is 29.3 Å². The molecule has 0 fully saturated rings. The molecule has 1 aromatic carbocycles. The van der Waals surface area contributed by atoms with Gasteiger partial charge in [0.25, 0.3) is 0 Å². The summed E-state index contributed by atoms with van der Waals surface area (Å²) in [4.78, 5) is 0. The Morgan fingerprint density at radius 3 is 2.77 bits per heavy atom. The Bertz CT molecular complexity index is 303. The number of halogens is 2. The van der Waals surface area contributed by atoms with Crippen molar-refractivity contribution in [2.24, 2.45) is 0 Å². The number of hydrogen-bond acceptors (Lipinski definition) is 0. The van der Waals surface area contributed by atoms with Crippen LogP contribution in [0.3, 0.4) is 0 Å². The first-order valence-corrected chi connectivity index (χ1v) is 5.14. The van der Waals surface area contributed by atoms with Crippen LogP contribution in [-0.4, -0.2) is 5.88 Å². The summed E-state index contributed by atoms with van der Waals surface area (Å²) >= 11 is 11.6. The van der Waals surface area contributed by atoms with E-state index < -0.39 is 0 Å². The minimum absolute atomic E-state index is 0.653. The summed E-state index contributed by atoms with van der Waals surface area (Å²) in [5, 5.41) is 0.797. The van der Waals surface area contributed by atoms with E-state index in [9.17, 15) is 0 Å². The monoisotopic (exact) mass is 214 g/mol. The van der Waals surface area contributed by atoms with Crippen LogP contribution in [0.25, 0.3) is 6.08 Å². The lowest BCUT2D eigenvalue weighted by Gasteiger charge is -1.98. The molecule has 0 spiro atoms. The first-order valence-electron chi connectivity index (χ1n) is 4.22. The van der Waals surface area contributed by atoms with Gasteiger partial charge in [0, 0.05) is 10.9 Å². The highest BCUT2D eigenvalue weighted by molar-refractivity contribution is 6.32. The Balaban J connectivity index is 2.77. The second kappa shape index (κ2) is 5.31. The van der Waals surface area contributed by atoms with Gasteiger partial charge in [-0.2, -0.15) is 0 Å². The molecule has 13 heavy (non-hydrogen) atoms. The fourth-order valence-electron chi connectivity index (χ4n) is 1.04. The van der Waals surface area contributed by atoms with E-state index in [-0.39, 0.29) is 0 Å². The Labute approximate surface area is 89.2 Å². The van der Waals surface area contributed by atoms with E-state index in [0.29, 0.717) is 5.88 Å². The van der Waals surface area contributed by atoms with E-state index in [4.69, 9.17) is 23.2 Å². The predicted octanol–water partition coefficient (Wildman–Crippen LogP) is 4.29. The van der Waals surface area contributed by atoms with Crippen LogP contribution in [0.15, 0.2) is 24.3 Å². The molecule has 70 valence electrons. The molecule has 0 saturated heterocycles. The molecule has 0 radical (unpaired) electrons. The Morgan fingerprint density at radius 2 is 2.15 bits per heavy atom. The summed E-state index contributed by atoms with van der Waals surface area (Å²) in [6.45, 7) is 2.03. The van der Waals surface area contributed by atoms with Gasteiger partial charge in [-0.3, -0.25) is 0 Å². The van der Waals surface area contributed by atoms with E-state index in [1.165, 1.54) is 5.56 Å². The fourth-order valence-corrected chi connectivity index (χ4v) is 1.46. The zero-order valence-electron chi connectivity index (χ0n) is 7.56. The minimum atomic E-state index is 0.653. The van der Waals surface area contributed by atoms with Gasteiger partial charge in [0.05, 0.1) is 0 Å². The smallest absolute Gasteiger partial charge is 0.0480 e. The van der Waals surface area contributed by atoms with Gasteiger partial charge in [-0.25, -0.2) is 0 Å². The fraction of sp³-hybridized carbons (Fsp3) is 0.273. The van der Waals surface area contributed by atoms with Crippen LogP contribution in [0, 0.1) is 6.92 Å². The van der Waals surface area contributed by atoms with Gasteiger partial charge < -0.3 is 0 Å². The first-order chi connectivity index (χ1) is 6.24. The highest BCUT2D eigenvalue weighted by atomic mass is 35.5. The van der Waals surface area contributed by atoms with Gasteiger partial charge in [0.15, 0.2) is 0 Å². The van der Waals surface area contributed by atoms with Crippen molar-refractivity contribution in [2.75, 3.05) is 5.88 Å². The Morgan fingerprint density at radius 1 is 1.38 bits per heavy atom. The lowest BCUT2D eigenvalue weighted by molar-refractivity contribution is 1.24. The summed E-state index contributed by atoms with van der Waals surface area (Å²) in [7, 11) is 0. The molecule has 0 unspecified atom stereocenters. The zero-order valence-corrected chi connectivity index (χ0v) is 9.07. The molecule has 0 nitrogen and oxygen atoms in total. The molecule has 0 aliphatic carbocycles. The average Bonchev–Trinajstić information content (AvgIpc) is 2.09.